The highest BCUT2D eigenvalue weighted by Crippen LogP contribution is 2.19. The maximum absolute atomic E-state index is 12.3. The fourth-order valence-corrected chi connectivity index (χ4v) is 1.11. The first-order valence-corrected chi connectivity index (χ1v) is 3.49. The number of alkyl halides is 2. The van der Waals surface area contributed by atoms with Gasteiger partial charge in [-0.25, -0.2) is 13.8 Å². The normalized spacial score (nSPS) is 11.2. The number of fused-ring (bicyclic) bond motifs is 1. The van der Waals surface area contributed by atoms with Crippen molar-refractivity contribution in [2.45, 2.75) is 6.43 Å². The first-order valence-electron chi connectivity index (χ1n) is 3.49. The zero-order valence-electron chi connectivity index (χ0n) is 6.11. The minimum Gasteiger partial charge on any atom is -0.299 e. The van der Waals surface area contributed by atoms with Gasteiger partial charge in [0.1, 0.15) is 11.3 Å². The molecule has 2 aromatic heterocycles. The van der Waals surface area contributed by atoms with Crippen LogP contribution in [0.1, 0.15) is 12.1 Å². The summed E-state index contributed by atoms with van der Waals surface area (Å²) in [6.07, 6.45) is 0.298. The number of halogens is 2. The summed E-state index contributed by atoms with van der Waals surface area (Å²) in [6, 6.07) is 5.14. The van der Waals surface area contributed by atoms with Crippen LogP contribution in [0.15, 0.2) is 30.6 Å². The minimum atomic E-state index is -2.47. The molecule has 0 N–H and O–H groups in total. The van der Waals surface area contributed by atoms with Crippen LogP contribution in [0.2, 0.25) is 0 Å². The van der Waals surface area contributed by atoms with Crippen LogP contribution in [0.4, 0.5) is 8.78 Å². The number of hydrogen-bond acceptors (Lipinski definition) is 1. The fourth-order valence-electron chi connectivity index (χ4n) is 1.11. The number of aromatic nitrogens is 2. The van der Waals surface area contributed by atoms with Crippen molar-refractivity contribution in [2.75, 3.05) is 0 Å². The van der Waals surface area contributed by atoms with Crippen molar-refractivity contribution in [3.8, 4) is 0 Å². The third kappa shape index (κ3) is 0.958. The molecule has 2 rings (SSSR count). The Labute approximate surface area is 67.5 Å². The molecule has 0 aliphatic heterocycles. The van der Waals surface area contributed by atoms with Gasteiger partial charge in [0, 0.05) is 6.20 Å². The van der Waals surface area contributed by atoms with Gasteiger partial charge in [-0.3, -0.25) is 4.40 Å². The lowest BCUT2D eigenvalue weighted by atomic mass is 10.4. The average molecular weight is 168 g/mol. The molecule has 0 fully saturated rings. The lowest BCUT2D eigenvalue weighted by Gasteiger charge is -1.97. The molecular formula is C8H6F2N2. The summed E-state index contributed by atoms with van der Waals surface area (Å²) < 4.78 is 25.9. The monoisotopic (exact) mass is 168 g/mol. The predicted molar refractivity (Wildman–Crippen MR) is 40.1 cm³/mol. The fraction of sp³-hybridized carbons (Fsp3) is 0.125. The van der Waals surface area contributed by atoms with Crippen molar-refractivity contribution in [1.82, 2.24) is 9.38 Å². The Hall–Kier alpha value is -1.45. The van der Waals surface area contributed by atoms with Gasteiger partial charge in [-0.2, -0.15) is 0 Å². The smallest absolute Gasteiger partial charge is 0.280 e. The summed E-state index contributed by atoms with van der Waals surface area (Å²) in [5.41, 5.74) is 0.485. The summed E-state index contributed by atoms with van der Waals surface area (Å²) in [5.74, 6) is 0. The second-order valence-electron chi connectivity index (χ2n) is 2.41. The highest BCUT2D eigenvalue weighted by Gasteiger charge is 2.11. The molecule has 0 aromatic carbocycles. The summed E-state index contributed by atoms with van der Waals surface area (Å²) in [4.78, 5) is 3.82. The van der Waals surface area contributed by atoms with Crippen molar-refractivity contribution in [1.29, 1.82) is 0 Å². The first kappa shape index (κ1) is 7.21. The van der Waals surface area contributed by atoms with Crippen molar-refractivity contribution in [3.63, 3.8) is 0 Å². The molecule has 62 valence electrons. The molecule has 0 aliphatic rings. The van der Waals surface area contributed by atoms with Crippen LogP contribution in [-0.2, 0) is 0 Å². The van der Waals surface area contributed by atoms with Gasteiger partial charge in [0.05, 0.1) is 6.20 Å². The van der Waals surface area contributed by atoms with Gasteiger partial charge in [-0.1, -0.05) is 6.07 Å². The largest absolute Gasteiger partial charge is 0.299 e. The van der Waals surface area contributed by atoms with Crippen LogP contribution in [0.5, 0.6) is 0 Å². The SMILES string of the molecule is FC(F)c1cnc2ccccn12. The molecule has 0 unspecified atom stereocenters. The van der Waals surface area contributed by atoms with Crippen LogP contribution in [0.25, 0.3) is 5.65 Å². The Morgan fingerprint density at radius 2 is 2.17 bits per heavy atom. The standard InChI is InChI=1S/C8H6F2N2/c9-8(10)6-5-11-7-3-1-2-4-12(6)7/h1-5,8H. The molecule has 0 bridgehead atoms. The molecule has 2 nitrogen and oxygen atoms in total. The Morgan fingerprint density at radius 1 is 1.33 bits per heavy atom. The Kier molecular flexibility index (Phi) is 1.53. The number of hydrogen-bond donors (Lipinski definition) is 0. The molecular weight excluding hydrogens is 162 g/mol. The van der Waals surface area contributed by atoms with Crippen LogP contribution < -0.4 is 0 Å². The molecule has 2 heterocycles. The van der Waals surface area contributed by atoms with Crippen LogP contribution in [0.3, 0.4) is 0 Å². The summed E-state index contributed by atoms with van der Waals surface area (Å²) in [7, 11) is 0. The lowest BCUT2D eigenvalue weighted by molar-refractivity contribution is 0.145. The van der Waals surface area contributed by atoms with E-state index in [1.54, 1.807) is 24.4 Å². The van der Waals surface area contributed by atoms with Gasteiger partial charge in [-0.15, -0.1) is 0 Å². The average Bonchev–Trinajstić information content (AvgIpc) is 2.47. The van der Waals surface area contributed by atoms with Crippen molar-refractivity contribution in [2.24, 2.45) is 0 Å². The number of rotatable bonds is 1. The minimum absolute atomic E-state index is 0.0643. The second kappa shape index (κ2) is 2.55. The summed E-state index contributed by atoms with van der Waals surface area (Å²) >= 11 is 0. The molecule has 0 aliphatic carbocycles. The summed E-state index contributed by atoms with van der Waals surface area (Å²) in [6.45, 7) is 0. The molecule has 0 atom stereocenters. The zero-order valence-corrected chi connectivity index (χ0v) is 6.11. The topological polar surface area (TPSA) is 17.3 Å². The summed E-state index contributed by atoms with van der Waals surface area (Å²) in [5, 5.41) is 0. The Bertz CT molecular complexity index is 395. The van der Waals surface area contributed by atoms with Crippen molar-refractivity contribution < 1.29 is 8.78 Å². The number of pyridine rings is 1. The van der Waals surface area contributed by atoms with E-state index in [0.717, 1.165) is 0 Å². The molecule has 2 aromatic rings. The molecule has 4 heteroatoms. The maximum atomic E-state index is 12.3. The first-order chi connectivity index (χ1) is 5.79. The van der Waals surface area contributed by atoms with Crippen LogP contribution in [0, 0.1) is 0 Å². The highest BCUT2D eigenvalue weighted by molar-refractivity contribution is 5.39. The highest BCUT2D eigenvalue weighted by atomic mass is 19.3. The molecule has 0 amide bonds. The van der Waals surface area contributed by atoms with Gasteiger partial charge < -0.3 is 0 Å². The van der Waals surface area contributed by atoms with Gasteiger partial charge >= 0.3 is 0 Å². The third-order valence-corrected chi connectivity index (χ3v) is 1.67. The van der Waals surface area contributed by atoms with E-state index in [1.165, 1.54) is 10.6 Å². The quantitative estimate of drug-likeness (QED) is 0.638. The molecule has 0 saturated carbocycles. The van der Waals surface area contributed by atoms with Gasteiger partial charge in [0.15, 0.2) is 0 Å². The maximum Gasteiger partial charge on any atom is 0.280 e. The van der Waals surface area contributed by atoms with E-state index in [0.29, 0.717) is 5.65 Å². The molecule has 12 heavy (non-hydrogen) atoms. The molecule has 0 spiro atoms. The molecule has 0 radical (unpaired) electrons. The number of imidazole rings is 1. The molecule has 0 saturated heterocycles. The van der Waals surface area contributed by atoms with E-state index in [4.69, 9.17) is 0 Å². The van der Waals surface area contributed by atoms with E-state index in [1.807, 2.05) is 0 Å². The van der Waals surface area contributed by atoms with E-state index in [2.05, 4.69) is 4.98 Å². The van der Waals surface area contributed by atoms with E-state index in [-0.39, 0.29) is 5.69 Å². The lowest BCUT2D eigenvalue weighted by Crippen LogP contribution is -1.91. The van der Waals surface area contributed by atoms with E-state index < -0.39 is 6.43 Å². The van der Waals surface area contributed by atoms with Crippen molar-refractivity contribution >= 4 is 5.65 Å². The van der Waals surface area contributed by atoms with Crippen LogP contribution >= 0.6 is 0 Å². The zero-order chi connectivity index (χ0) is 8.55. The van der Waals surface area contributed by atoms with E-state index >= 15 is 0 Å². The van der Waals surface area contributed by atoms with Gasteiger partial charge in [0.25, 0.3) is 6.43 Å². The Balaban J connectivity index is 2.70. The third-order valence-electron chi connectivity index (χ3n) is 1.67. The second-order valence-corrected chi connectivity index (χ2v) is 2.41. The van der Waals surface area contributed by atoms with Crippen LogP contribution in [-0.4, -0.2) is 9.38 Å². The van der Waals surface area contributed by atoms with Gasteiger partial charge in [-0.05, 0) is 12.1 Å². The number of nitrogens with zero attached hydrogens (tertiary/aromatic N) is 2. The van der Waals surface area contributed by atoms with E-state index in [9.17, 15) is 8.78 Å². The predicted octanol–water partition coefficient (Wildman–Crippen LogP) is 2.27. The van der Waals surface area contributed by atoms with Gasteiger partial charge in [0.2, 0.25) is 0 Å². The Morgan fingerprint density at radius 3 is 2.92 bits per heavy atom. The van der Waals surface area contributed by atoms with Crippen molar-refractivity contribution in [3.05, 3.63) is 36.3 Å².